The Morgan fingerprint density at radius 1 is 1.37 bits per heavy atom. The molecule has 3 unspecified atom stereocenters. The highest BCUT2D eigenvalue weighted by Crippen LogP contribution is 2.44. The maximum Gasteiger partial charge on any atom is 0.419 e. The molecule has 3 atom stereocenters. The zero-order valence-corrected chi connectivity index (χ0v) is 14.5. The van der Waals surface area contributed by atoms with Gasteiger partial charge in [-0.3, -0.25) is 4.79 Å². The van der Waals surface area contributed by atoms with Crippen LogP contribution in [0.2, 0.25) is 0 Å². The Balaban J connectivity index is 1.80. The average Bonchev–Trinajstić information content (AvgIpc) is 3.09. The Bertz CT molecular complexity index is 824. The van der Waals surface area contributed by atoms with Crippen LogP contribution in [0.15, 0.2) is 35.1 Å². The van der Waals surface area contributed by atoms with E-state index >= 15 is 0 Å². The van der Waals surface area contributed by atoms with Gasteiger partial charge in [0.05, 0.1) is 5.56 Å². The van der Waals surface area contributed by atoms with Crippen molar-refractivity contribution in [1.82, 2.24) is 10.5 Å². The Morgan fingerprint density at radius 3 is 2.70 bits per heavy atom. The lowest BCUT2D eigenvalue weighted by Crippen LogP contribution is -2.45. The van der Waals surface area contributed by atoms with Crippen LogP contribution in [0.25, 0.3) is 0 Å². The summed E-state index contributed by atoms with van der Waals surface area (Å²) in [5.41, 5.74) is -1.20. The summed E-state index contributed by atoms with van der Waals surface area (Å²) in [7, 11) is 0. The molecule has 27 heavy (non-hydrogen) atoms. The van der Waals surface area contributed by atoms with Crippen molar-refractivity contribution in [2.75, 3.05) is 0 Å². The summed E-state index contributed by atoms with van der Waals surface area (Å²) >= 11 is 6.13. The van der Waals surface area contributed by atoms with Gasteiger partial charge in [0.2, 0.25) is 0 Å². The molecule has 146 valence electrons. The van der Waals surface area contributed by atoms with Crippen molar-refractivity contribution >= 4 is 17.5 Å². The molecule has 1 fully saturated rings. The first-order chi connectivity index (χ1) is 12.6. The lowest BCUT2D eigenvalue weighted by molar-refractivity contribution is -0.140. The number of benzene rings is 1. The highest BCUT2D eigenvalue weighted by atomic mass is 35.5. The van der Waals surface area contributed by atoms with E-state index in [1.165, 1.54) is 12.3 Å². The number of nitrogens with zero attached hydrogens (tertiary/aromatic N) is 1. The van der Waals surface area contributed by atoms with E-state index in [2.05, 4.69) is 15.0 Å². The molecule has 0 bridgehead atoms. The maximum atomic E-state index is 13.9. The van der Waals surface area contributed by atoms with Crippen molar-refractivity contribution < 1.29 is 32.0 Å². The second-order valence-electron chi connectivity index (χ2n) is 6.44. The van der Waals surface area contributed by atoms with E-state index in [1.807, 2.05) is 0 Å². The molecule has 5 nitrogen and oxygen atoms in total. The molecule has 1 aromatic carbocycles. The predicted molar refractivity (Wildman–Crippen MR) is 86.6 cm³/mol. The molecule has 0 radical (unpaired) electrons. The fourth-order valence-electron chi connectivity index (χ4n) is 3.22. The Kier molecular flexibility index (Phi) is 5.18. The lowest BCUT2D eigenvalue weighted by atomic mass is 9.78. The number of carbonyl (C=O) groups is 1. The second-order valence-corrected chi connectivity index (χ2v) is 7.09. The summed E-state index contributed by atoms with van der Waals surface area (Å²) in [6.07, 6.45) is -3.06. The maximum absolute atomic E-state index is 13.9. The van der Waals surface area contributed by atoms with E-state index in [1.54, 1.807) is 0 Å². The van der Waals surface area contributed by atoms with E-state index in [4.69, 9.17) is 11.6 Å². The number of nitrogens with one attached hydrogen (secondary N) is 1. The van der Waals surface area contributed by atoms with Gasteiger partial charge in [0.15, 0.2) is 5.69 Å². The third kappa shape index (κ3) is 4.24. The van der Waals surface area contributed by atoms with E-state index in [0.29, 0.717) is 12.5 Å². The summed E-state index contributed by atoms with van der Waals surface area (Å²) < 4.78 is 56.7. The van der Waals surface area contributed by atoms with Crippen LogP contribution in [-0.2, 0) is 6.18 Å². The molecule has 3 rings (SSSR count). The molecule has 10 heteroatoms. The van der Waals surface area contributed by atoms with Crippen molar-refractivity contribution in [3.63, 3.8) is 0 Å². The summed E-state index contributed by atoms with van der Waals surface area (Å²) in [6, 6.07) is 3.38. The van der Waals surface area contributed by atoms with Crippen LogP contribution >= 0.6 is 11.6 Å². The fourth-order valence-corrected chi connectivity index (χ4v) is 3.55. The summed E-state index contributed by atoms with van der Waals surface area (Å²) in [4.78, 5) is 12.1. The molecule has 1 amide bonds. The highest BCUT2D eigenvalue weighted by molar-refractivity contribution is 6.23. The van der Waals surface area contributed by atoms with Crippen molar-refractivity contribution in [2.24, 2.45) is 0 Å². The molecular formula is C17H15ClF4N2O3. The molecule has 2 N–H and O–H groups in total. The number of halogens is 5. The third-order valence-electron chi connectivity index (χ3n) is 4.60. The van der Waals surface area contributed by atoms with Crippen LogP contribution in [0, 0.1) is 5.82 Å². The van der Waals surface area contributed by atoms with Crippen molar-refractivity contribution in [1.29, 1.82) is 0 Å². The van der Waals surface area contributed by atoms with E-state index in [9.17, 15) is 27.5 Å². The van der Waals surface area contributed by atoms with Crippen molar-refractivity contribution in [3.05, 3.63) is 53.2 Å². The SMILES string of the molecule is O=C(NC1CCC(O)(Cl)C(c2ccc(C(F)(F)F)c(F)c2)C1)c1ccon1. The van der Waals surface area contributed by atoms with Gasteiger partial charge >= 0.3 is 6.18 Å². The number of hydrogen-bond donors (Lipinski definition) is 2. The zero-order chi connectivity index (χ0) is 19.8. The first-order valence-electron chi connectivity index (χ1n) is 8.07. The molecule has 1 aliphatic rings. The van der Waals surface area contributed by atoms with Crippen molar-refractivity contribution in [2.45, 2.75) is 42.5 Å². The minimum Gasteiger partial charge on any atom is -0.374 e. The Hall–Kier alpha value is -2.13. The highest BCUT2D eigenvalue weighted by Gasteiger charge is 2.43. The second kappa shape index (κ2) is 7.12. The van der Waals surface area contributed by atoms with Crippen LogP contribution in [0.5, 0.6) is 0 Å². The monoisotopic (exact) mass is 406 g/mol. The molecule has 0 aliphatic heterocycles. The van der Waals surface area contributed by atoms with E-state index in [0.717, 1.165) is 12.1 Å². The minimum atomic E-state index is -4.82. The minimum absolute atomic E-state index is 0.0611. The van der Waals surface area contributed by atoms with Gasteiger partial charge in [0, 0.05) is 18.0 Å². The number of carbonyl (C=O) groups excluding carboxylic acids is 1. The normalized spacial score (nSPS) is 26.0. The lowest BCUT2D eigenvalue weighted by Gasteiger charge is -2.39. The van der Waals surface area contributed by atoms with Gasteiger partial charge in [0.1, 0.15) is 17.1 Å². The molecule has 1 aromatic heterocycles. The quantitative estimate of drug-likeness (QED) is 0.600. The number of amides is 1. The van der Waals surface area contributed by atoms with Crippen LogP contribution in [0.3, 0.4) is 0 Å². The van der Waals surface area contributed by atoms with Gasteiger partial charge < -0.3 is 14.9 Å². The predicted octanol–water partition coefficient (Wildman–Crippen LogP) is 3.83. The largest absolute Gasteiger partial charge is 0.419 e. The van der Waals surface area contributed by atoms with Crippen LogP contribution in [0.4, 0.5) is 17.6 Å². The Morgan fingerprint density at radius 2 is 2.11 bits per heavy atom. The summed E-state index contributed by atoms with van der Waals surface area (Å²) in [6.45, 7) is 0. The van der Waals surface area contributed by atoms with Gasteiger partial charge in [0.25, 0.3) is 5.91 Å². The standard InChI is InChI=1S/C17H15ClF4N2O3/c18-16(26)5-3-10(23-15(25)14-4-6-27-24-14)8-12(16)9-1-2-11(13(19)7-9)17(20,21)22/h1-2,4,6-7,10,12,26H,3,5,8H2,(H,23,25). The molecule has 1 saturated carbocycles. The van der Waals surface area contributed by atoms with Gasteiger partial charge in [-0.1, -0.05) is 22.8 Å². The van der Waals surface area contributed by atoms with Gasteiger partial charge in [-0.2, -0.15) is 13.2 Å². The zero-order valence-electron chi connectivity index (χ0n) is 13.8. The van der Waals surface area contributed by atoms with E-state index < -0.39 is 40.5 Å². The number of rotatable bonds is 3. The molecule has 2 aromatic rings. The van der Waals surface area contributed by atoms with Gasteiger partial charge in [-0.25, -0.2) is 4.39 Å². The van der Waals surface area contributed by atoms with E-state index in [-0.39, 0.29) is 24.1 Å². The number of aliphatic hydroxyl groups is 1. The number of aromatic nitrogens is 1. The number of alkyl halides is 4. The average molecular weight is 407 g/mol. The number of hydrogen-bond acceptors (Lipinski definition) is 4. The van der Waals surface area contributed by atoms with Gasteiger partial charge in [-0.15, -0.1) is 0 Å². The first kappa shape index (κ1) is 19.6. The van der Waals surface area contributed by atoms with Crippen LogP contribution in [0.1, 0.15) is 46.8 Å². The molecule has 0 spiro atoms. The summed E-state index contributed by atoms with van der Waals surface area (Å²) in [5, 5.41) is 14.9. The smallest absolute Gasteiger partial charge is 0.374 e. The van der Waals surface area contributed by atoms with Crippen LogP contribution < -0.4 is 5.32 Å². The fraction of sp³-hybridized carbons (Fsp3) is 0.412. The third-order valence-corrected chi connectivity index (χ3v) is 5.06. The molecule has 1 aliphatic carbocycles. The first-order valence-corrected chi connectivity index (χ1v) is 8.45. The topological polar surface area (TPSA) is 75.4 Å². The van der Waals surface area contributed by atoms with Crippen LogP contribution in [-0.4, -0.2) is 27.3 Å². The molecule has 0 saturated heterocycles. The summed E-state index contributed by atoms with van der Waals surface area (Å²) in [5.74, 6) is -2.81. The van der Waals surface area contributed by atoms with Gasteiger partial charge in [-0.05, 0) is 37.0 Å². The molecule has 1 heterocycles. The van der Waals surface area contributed by atoms with Crippen molar-refractivity contribution in [3.8, 4) is 0 Å². The molecular weight excluding hydrogens is 392 g/mol. The Labute approximate surface area is 156 Å².